The van der Waals surface area contributed by atoms with E-state index in [1.165, 1.54) is 0 Å². The van der Waals surface area contributed by atoms with Gasteiger partial charge in [0.25, 0.3) is 0 Å². The van der Waals surface area contributed by atoms with Crippen molar-refractivity contribution in [3.05, 3.63) is 53.6 Å². The second kappa shape index (κ2) is 7.32. The maximum absolute atomic E-state index is 9.58. The lowest BCUT2D eigenvalue weighted by atomic mass is 9.89. The van der Waals surface area contributed by atoms with Gasteiger partial charge >= 0.3 is 0 Å². The van der Waals surface area contributed by atoms with Crippen LogP contribution in [0.15, 0.2) is 47.6 Å². The van der Waals surface area contributed by atoms with E-state index in [1.54, 1.807) is 0 Å². The molecule has 0 bridgehead atoms. The summed E-state index contributed by atoms with van der Waals surface area (Å²) in [6, 6.07) is 14.3. The van der Waals surface area contributed by atoms with Gasteiger partial charge < -0.3 is 20.0 Å². The third-order valence-corrected chi connectivity index (χ3v) is 5.98. The van der Waals surface area contributed by atoms with Gasteiger partial charge in [0.05, 0.1) is 29.8 Å². The van der Waals surface area contributed by atoms with E-state index in [2.05, 4.69) is 33.2 Å². The number of benzene rings is 2. The Kier molecular flexibility index (Phi) is 4.62. The fraction of sp³-hybridized carbons (Fsp3) is 0.391. The zero-order valence-electron chi connectivity index (χ0n) is 17.4. The first-order valence-corrected chi connectivity index (χ1v) is 10.4. The minimum atomic E-state index is -0.113. The summed E-state index contributed by atoms with van der Waals surface area (Å²) in [7, 11) is 0. The minimum absolute atomic E-state index is 0.0145. The Hall–Kier alpha value is -3.06. The number of imidazole rings is 1. The Bertz CT molecular complexity index is 1110. The number of ether oxygens (including phenoxy) is 1. The number of nitrogens with one attached hydrogen (secondary N) is 1. The summed E-state index contributed by atoms with van der Waals surface area (Å²) >= 11 is 0. The lowest BCUT2D eigenvalue weighted by Gasteiger charge is -2.30. The third kappa shape index (κ3) is 2.92. The van der Waals surface area contributed by atoms with Gasteiger partial charge in [-0.25, -0.2) is 4.98 Å². The molecule has 0 saturated carbocycles. The van der Waals surface area contributed by atoms with E-state index in [0.717, 1.165) is 39.6 Å². The molecule has 0 amide bonds. The quantitative estimate of drug-likeness (QED) is 0.675. The molecule has 2 aromatic carbocycles. The zero-order chi connectivity index (χ0) is 20.8. The van der Waals surface area contributed by atoms with Crippen LogP contribution in [0.3, 0.4) is 0 Å². The van der Waals surface area contributed by atoms with Gasteiger partial charge in [0.15, 0.2) is 0 Å². The van der Waals surface area contributed by atoms with Gasteiger partial charge in [-0.3, -0.25) is 4.57 Å². The van der Waals surface area contributed by atoms with E-state index < -0.39 is 0 Å². The molecule has 0 saturated heterocycles. The Morgan fingerprint density at radius 2 is 2.03 bits per heavy atom. The summed E-state index contributed by atoms with van der Waals surface area (Å²) in [6.45, 7) is 6.49. The second-order valence-corrected chi connectivity index (χ2v) is 8.14. The van der Waals surface area contributed by atoms with Crippen molar-refractivity contribution in [2.45, 2.75) is 44.9 Å². The molecule has 0 fully saturated rings. The smallest absolute Gasteiger partial charge is 0.204 e. The molecule has 3 heterocycles. The molecule has 156 valence electrons. The first-order chi connectivity index (χ1) is 14.6. The summed E-state index contributed by atoms with van der Waals surface area (Å²) in [4.78, 5) is 10.4. The van der Waals surface area contributed by atoms with Gasteiger partial charge in [0.1, 0.15) is 24.0 Å². The molecule has 7 heteroatoms. The standard InChI is InChI=1S/C23H26N4O3/c1-13(11-28)24-23-25-18-10-9-17(20-14(2)26-30-15(20)3)22-21(18)27(23)19(12-29-22)16-7-5-4-6-8-16/h4-10,13,15,19-20,28H,11-12H2,1-3H3,(H,24,25). The van der Waals surface area contributed by atoms with Crippen molar-refractivity contribution in [1.29, 1.82) is 0 Å². The molecule has 4 atom stereocenters. The van der Waals surface area contributed by atoms with Gasteiger partial charge in [-0.2, -0.15) is 0 Å². The van der Waals surface area contributed by atoms with Crippen LogP contribution in [0.1, 0.15) is 43.9 Å². The van der Waals surface area contributed by atoms with Crippen molar-refractivity contribution in [2.24, 2.45) is 5.16 Å². The average Bonchev–Trinajstić information content (AvgIpc) is 3.30. The summed E-state index contributed by atoms with van der Waals surface area (Å²) in [6.07, 6.45) is -0.0440. The van der Waals surface area contributed by atoms with Crippen molar-refractivity contribution in [2.75, 3.05) is 18.5 Å². The molecule has 30 heavy (non-hydrogen) atoms. The first kappa shape index (κ1) is 18.9. The van der Waals surface area contributed by atoms with Crippen LogP contribution in [0, 0.1) is 0 Å². The van der Waals surface area contributed by atoms with Crippen LogP contribution in [0.4, 0.5) is 5.95 Å². The lowest BCUT2D eigenvalue weighted by Crippen LogP contribution is -2.28. The second-order valence-electron chi connectivity index (χ2n) is 8.14. The van der Waals surface area contributed by atoms with Gasteiger partial charge in [-0.05, 0) is 32.4 Å². The maximum atomic E-state index is 9.58. The van der Waals surface area contributed by atoms with E-state index in [4.69, 9.17) is 14.6 Å². The highest BCUT2D eigenvalue weighted by molar-refractivity contribution is 5.94. The highest BCUT2D eigenvalue weighted by Gasteiger charge is 2.36. The van der Waals surface area contributed by atoms with Crippen molar-refractivity contribution in [3.63, 3.8) is 0 Å². The number of aromatic nitrogens is 2. The number of nitrogens with zero attached hydrogens (tertiary/aromatic N) is 3. The van der Waals surface area contributed by atoms with Crippen molar-refractivity contribution in [3.8, 4) is 5.75 Å². The number of hydrogen-bond donors (Lipinski definition) is 2. The molecule has 2 N–H and O–H groups in total. The van der Waals surface area contributed by atoms with E-state index in [1.807, 2.05) is 45.0 Å². The summed E-state index contributed by atoms with van der Waals surface area (Å²) in [5, 5.41) is 17.1. The van der Waals surface area contributed by atoms with Gasteiger partial charge in [-0.1, -0.05) is 41.6 Å². The number of rotatable bonds is 5. The maximum Gasteiger partial charge on any atom is 0.204 e. The molecule has 7 nitrogen and oxygen atoms in total. The largest absolute Gasteiger partial charge is 0.488 e. The SMILES string of the molecule is CC1=NOC(C)C1c1ccc2nc(NC(C)CO)n3c2c1OCC3c1ccccc1. The number of hydrogen-bond acceptors (Lipinski definition) is 6. The van der Waals surface area contributed by atoms with Crippen LogP contribution in [0.2, 0.25) is 0 Å². The predicted molar refractivity (Wildman–Crippen MR) is 116 cm³/mol. The lowest BCUT2D eigenvalue weighted by molar-refractivity contribution is 0.0897. The van der Waals surface area contributed by atoms with Crippen LogP contribution >= 0.6 is 0 Å². The Balaban J connectivity index is 1.72. The van der Waals surface area contributed by atoms with Crippen LogP contribution in [-0.2, 0) is 4.84 Å². The molecular weight excluding hydrogens is 380 g/mol. The predicted octanol–water partition coefficient (Wildman–Crippen LogP) is 3.69. The fourth-order valence-electron chi connectivity index (χ4n) is 4.50. The molecule has 0 radical (unpaired) electrons. The van der Waals surface area contributed by atoms with Crippen LogP contribution in [-0.4, -0.2) is 45.7 Å². The van der Waals surface area contributed by atoms with Crippen LogP contribution < -0.4 is 10.1 Å². The van der Waals surface area contributed by atoms with Gasteiger partial charge in [0.2, 0.25) is 5.95 Å². The summed E-state index contributed by atoms with van der Waals surface area (Å²) in [5.41, 5.74) is 5.01. The summed E-state index contributed by atoms with van der Waals surface area (Å²) < 4.78 is 8.61. The van der Waals surface area contributed by atoms with Gasteiger partial charge in [-0.15, -0.1) is 0 Å². The normalized spacial score (nSPS) is 23.6. The molecule has 3 aromatic rings. The van der Waals surface area contributed by atoms with Crippen LogP contribution in [0.25, 0.3) is 11.0 Å². The highest BCUT2D eigenvalue weighted by Crippen LogP contribution is 2.44. The number of aliphatic hydroxyl groups is 1. The molecule has 5 rings (SSSR count). The minimum Gasteiger partial charge on any atom is -0.488 e. The zero-order valence-corrected chi connectivity index (χ0v) is 17.4. The van der Waals surface area contributed by atoms with Gasteiger partial charge in [0, 0.05) is 11.6 Å². The number of oxime groups is 1. The molecule has 4 unspecified atom stereocenters. The van der Waals surface area contributed by atoms with Crippen LogP contribution in [0.5, 0.6) is 5.75 Å². The fourth-order valence-corrected chi connectivity index (χ4v) is 4.50. The third-order valence-electron chi connectivity index (χ3n) is 5.98. The number of anilines is 1. The van der Waals surface area contributed by atoms with Crippen molar-refractivity contribution < 1.29 is 14.7 Å². The highest BCUT2D eigenvalue weighted by atomic mass is 16.6. The molecule has 0 spiro atoms. The van der Waals surface area contributed by atoms with E-state index in [0.29, 0.717) is 6.61 Å². The molecular formula is C23H26N4O3. The first-order valence-electron chi connectivity index (χ1n) is 10.4. The van der Waals surface area contributed by atoms with E-state index in [-0.39, 0.29) is 30.7 Å². The molecule has 1 aromatic heterocycles. The van der Waals surface area contributed by atoms with E-state index >= 15 is 0 Å². The Morgan fingerprint density at radius 3 is 2.73 bits per heavy atom. The Labute approximate surface area is 175 Å². The topological polar surface area (TPSA) is 80.9 Å². The molecule has 2 aliphatic heterocycles. The van der Waals surface area contributed by atoms with Crippen molar-refractivity contribution >= 4 is 22.7 Å². The Morgan fingerprint density at radius 1 is 1.23 bits per heavy atom. The monoisotopic (exact) mass is 406 g/mol. The molecule has 0 aliphatic carbocycles. The summed E-state index contributed by atoms with van der Waals surface area (Å²) in [5.74, 6) is 1.63. The number of aliphatic hydroxyl groups excluding tert-OH is 1. The van der Waals surface area contributed by atoms with E-state index in [9.17, 15) is 5.11 Å². The average molecular weight is 406 g/mol. The molecule has 2 aliphatic rings. The van der Waals surface area contributed by atoms with Crippen molar-refractivity contribution in [1.82, 2.24) is 9.55 Å².